The molecule has 3 aromatic rings. The van der Waals surface area contributed by atoms with Gasteiger partial charge in [-0.05, 0) is 31.2 Å². The van der Waals surface area contributed by atoms with Gasteiger partial charge >= 0.3 is 0 Å². The summed E-state index contributed by atoms with van der Waals surface area (Å²) in [6, 6.07) is 14.0. The number of hydrogen-bond donors (Lipinski definition) is 0. The Morgan fingerprint density at radius 1 is 1.04 bits per heavy atom. The second kappa shape index (κ2) is 7.57. The summed E-state index contributed by atoms with van der Waals surface area (Å²) in [6.07, 6.45) is 0. The molecule has 4 rings (SSSR count). The molecule has 2 aromatic carbocycles. The van der Waals surface area contributed by atoms with E-state index in [4.69, 9.17) is 32.9 Å². The lowest BCUT2D eigenvalue weighted by Crippen LogP contribution is -2.39. The van der Waals surface area contributed by atoms with E-state index < -0.39 is 0 Å². The Balaban J connectivity index is 1.79. The van der Waals surface area contributed by atoms with E-state index in [9.17, 15) is 0 Å². The first-order valence-corrected chi connectivity index (χ1v) is 9.60. The van der Waals surface area contributed by atoms with Crippen LogP contribution >= 0.6 is 23.2 Å². The highest BCUT2D eigenvalue weighted by Crippen LogP contribution is 2.30. The molecule has 0 aliphatic carbocycles. The van der Waals surface area contributed by atoms with Crippen molar-refractivity contribution in [1.82, 2.24) is 14.5 Å². The van der Waals surface area contributed by atoms with Gasteiger partial charge in [-0.15, -0.1) is 0 Å². The number of aromatic nitrogens is 2. The van der Waals surface area contributed by atoms with Crippen molar-refractivity contribution in [2.75, 3.05) is 26.3 Å². The number of hydrogen-bond acceptors (Lipinski definition) is 3. The van der Waals surface area contributed by atoms with E-state index in [2.05, 4.69) is 28.5 Å². The molecule has 136 valence electrons. The lowest BCUT2D eigenvalue weighted by atomic mass is 10.2. The third kappa shape index (κ3) is 3.35. The fourth-order valence-corrected chi connectivity index (χ4v) is 4.07. The van der Waals surface area contributed by atoms with Crippen molar-refractivity contribution in [3.05, 3.63) is 63.9 Å². The van der Waals surface area contributed by atoms with Gasteiger partial charge in [0.15, 0.2) is 0 Å². The SMILES string of the molecule is CC(c1nc2ccccc2n1Cc1c(Cl)cccc1Cl)N1CCOCC1. The average molecular weight is 390 g/mol. The van der Waals surface area contributed by atoms with Gasteiger partial charge in [-0.2, -0.15) is 0 Å². The molecule has 6 heteroatoms. The standard InChI is InChI=1S/C20H21Cl2N3O/c1-14(24-9-11-26-12-10-24)20-23-18-7-2-3-8-19(18)25(20)13-15-16(21)5-4-6-17(15)22/h2-8,14H,9-13H2,1H3. The molecule has 0 saturated carbocycles. The van der Waals surface area contributed by atoms with Gasteiger partial charge in [0.25, 0.3) is 0 Å². The number of rotatable bonds is 4. The third-order valence-electron chi connectivity index (χ3n) is 5.03. The van der Waals surface area contributed by atoms with Crippen LogP contribution in [-0.4, -0.2) is 40.8 Å². The number of imidazole rings is 1. The van der Waals surface area contributed by atoms with Gasteiger partial charge in [-0.3, -0.25) is 4.90 Å². The van der Waals surface area contributed by atoms with E-state index in [-0.39, 0.29) is 6.04 Å². The molecule has 1 aliphatic heterocycles. The molecule has 0 N–H and O–H groups in total. The molecule has 1 unspecified atom stereocenters. The van der Waals surface area contributed by atoms with Gasteiger partial charge in [0.05, 0.1) is 36.8 Å². The Morgan fingerprint density at radius 3 is 2.46 bits per heavy atom. The Bertz CT molecular complexity index is 898. The molecule has 0 bridgehead atoms. The Kier molecular flexibility index (Phi) is 5.18. The number of morpholine rings is 1. The van der Waals surface area contributed by atoms with Gasteiger partial charge in [-0.25, -0.2) is 4.98 Å². The van der Waals surface area contributed by atoms with E-state index in [0.29, 0.717) is 16.6 Å². The van der Waals surface area contributed by atoms with Crippen molar-refractivity contribution in [2.45, 2.75) is 19.5 Å². The monoisotopic (exact) mass is 389 g/mol. The highest BCUT2D eigenvalue weighted by molar-refractivity contribution is 6.36. The summed E-state index contributed by atoms with van der Waals surface area (Å²) >= 11 is 12.9. The van der Waals surface area contributed by atoms with Crippen LogP contribution in [-0.2, 0) is 11.3 Å². The number of fused-ring (bicyclic) bond motifs is 1. The van der Waals surface area contributed by atoms with Crippen LogP contribution in [0.25, 0.3) is 11.0 Å². The van der Waals surface area contributed by atoms with Crippen LogP contribution in [0.1, 0.15) is 24.4 Å². The molecule has 1 aromatic heterocycles. The van der Waals surface area contributed by atoms with Gasteiger partial charge < -0.3 is 9.30 Å². The van der Waals surface area contributed by atoms with E-state index >= 15 is 0 Å². The maximum atomic E-state index is 6.43. The van der Waals surface area contributed by atoms with E-state index in [1.54, 1.807) is 0 Å². The summed E-state index contributed by atoms with van der Waals surface area (Å²) in [5.74, 6) is 1.03. The summed E-state index contributed by atoms with van der Waals surface area (Å²) in [7, 11) is 0. The lowest BCUT2D eigenvalue weighted by Gasteiger charge is -2.32. The van der Waals surface area contributed by atoms with Crippen molar-refractivity contribution in [2.24, 2.45) is 0 Å². The number of ether oxygens (including phenoxy) is 1. The zero-order valence-corrected chi connectivity index (χ0v) is 16.2. The largest absolute Gasteiger partial charge is 0.379 e. The van der Waals surface area contributed by atoms with Gasteiger partial charge in [0.2, 0.25) is 0 Å². The lowest BCUT2D eigenvalue weighted by molar-refractivity contribution is 0.0177. The zero-order chi connectivity index (χ0) is 18.1. The van der Waals surface area contributed by atoms with Crippen LogP contribution in [0, 0.1) is 0 Å². The maximum absolute atomic E-state index is 6.43. The van der Waals surface area contributed by atoms with Crippen LogP contribution < -0.4 is 0 Å². The van der Waals surface area contributed by atoms with Gasteiger partial charge in [0, 0.05) is 28.7 Å². The molecule has 1 saturated heterocycles. The highest BCUT2D eigenvalue weighted by Gasteiger charge is 2.24. The average Bonchev–Trinajstić information content (AvgIpc) is 3.03. The van der Waals surface area contributed by atoms with Crippen molar-refractivity contribution >= 4 is 34.2 Å². The molecular formula is C20H21Cl2N3O. The number of halogens is 2. The first kappa shape index (κ1) is 17.8. The first-order valence-electron chi connectivity index (χ1n) is 8.85. The molecule has 0 amide bonds. The molecule has 1 aliphatic rings. The van der Waals surface area contributed by atoms with Crippen molar-refractivity contribution < 1.29 is 4.74 Å². The van der Waals surface area contributed by atoms with E-state index in [1.165, 1.54) is 0 Å². The predicted molar refractivity (Wildman–Crippen MR) is 106 cm³/mol. The third-order valence-corrected chi connectivity index (χ3v) is 5.74. The fraction of sp³-hybridized carbons (Fsp3) is 0.350. The van der Waals surface area contributed by atoms with Crippen molar-refractivity contribution in [3.8, 4) is 0 Å². The molecule has 0 spiro atoms. The van der Waals surface area contributed by atoms with Crippen LogP contribution in [0.2, 0.25) is 10.0 Å². The molecule has 26 heavy (non-hydrogen) atoms. The molecule has 0 radical (unpaired) electrons. The molecule has 1 fully saturated rings. The van der Waals surface area contributed by atoms with Gasteiger partial charge in [0.1, 0.15) is 5.82 Å². The zero-order valence-electron chi connectivity index (χ0n) is 14.7. The van der Waals surface area contributed by atoms with E-state index in [0.717, 1.165) is 48.7 Å². The smallest absolute Gasteiger partial charge is 0.127 e. The van der Waals surface area contributed by atoms with Gasteiger partial charge in [-0.1, -0.05) is 41.4 Å². The number of benzene rings is 2. The molecule has 4 nitrogen and oxygen atoms in total. The minimum atomic E-state index is 0.188. The van der Waals surface area contributed by atoms with Crippen LogP contribution in [0.4, 0.5) is 0 Å². The minimum absolute atomic E-state index is 0.188. The summed E-state index contributed by atoms with van der Waals surface area (Å²) in [5, 5.41) is 1.36. The molecule has 2 heterocycles. The van der Waals surface area contributed by atoms with Crippen LogP contribution in [0.15, 0.2) is 42.5 Å². The summed E-state index contributed by atoms with van der Waals surface area (Å²) in [5.41, 5.74) is 3.01. The normalized spacial score (nSPS) is 16.9. The van der Waals surface area contributed by atoms with Crippen LogP contribution in [0.3, 0.4) is 0 Å². The maximum Gasteiger partial charge on any atom is 0.127 e. The van der Waals surface area contributed by atoms with E-state index in [1.807, 2.05) is 30.3 Å². The minimum Gasteiger partial charge on any atom is -0.379 e. The second-order valence-electron chi connectivity index (χ2n) is 6.57. The number of para-hydroxylation sites is 2. The molecule has 1 atom stereocenters. The Hall–Kier alpha value is -1.59. The topological polar surface area (TPSA) is 30.3 Å². The number of nitrogens with zero attached hydrogens (tertiary/aromatic N) is 3. The van der Waals surface area contributed by atoms with Crippen LogP contribution in [0.5, 0.6) is 0 Å². The summed E-state index contributed by atoms with van der Waals surface area (Å²) in [4.78, 5) is 7.35. The van der Waals surface area contributed by atoms with Crippen molar-refractivity contribution in [1.29, 1.82) is 0 Å². The fourth-order valence-electron chi connectivity index (χ4n) is 3.55. The summed E-state index contributed by atoms with van der Waals surface area (Å²) in [6.45, 7) is 6.16. The van der Waals surface area contributed by atoms with Crippen molar-refractivity contribution in [3.63, 3.8) is 0 Å². The molecular weight excluding hydrogens is 369 g/mol. The highest BCUT2D eigenvalue weighted by atomic mass is 35.5. The second-order valence-corrected chi connectivity index (χ2v) is 7.38. The summed E-state index contributed by atoms with van der Waals surface area (Å²) < 4.78 is 7.74. The Morgan fingerprint density at radius 2 is 1.73 bits per heavy atom. The Labute approximate surface area is 163 Å². The quantitative estimate of drug-likeness (QED) is 0.642. The predicted octanol–water partition coefficient (Wildman–Crippen LogP) is 4.78. The first-order chi connectivity index (χ1) is 12.6.